The minimum absolute atomic E-state index is 0.531. The Morgan fingerprint density at radius 3 is 2.07 bits per heavy atom. The van der Waals surface area contributed by atoms with Gasteiger partial charge in [0.2, 0.25) is 0 Å². The van der Waals surface area contributed by atoms with Crippen molar-refractivity contribution in [3.05, 3.63) is 28.8 Å². The summed E-state index contributed by atoms with van der Waals surface area (Å²) in [6.45, 7) is 6.71. The molecule has 0 heterocycles. The lowest BCUT2D eigenvalue weighted by Gasteiger charge is -2.14. The molecule has 0 bridgehead atoms. The van der Waals surface area contributed by atoms with Crippen LogP contribution >= 0.6 is 11.1 Å². The molecule has 0 N–H and O–H groups in total. The van der Waals surface area contributed by atoms with Crippen LogP contribution in [0, 0.1) is 0 Å². The standard InChI is InChI=1S/C12H19ClSi/c1-4-9-7-8-12(14-13)11(6-3)10(9)5-2/h7-8H,4-6,14H2,1-3H3. The van der Waals surface area contributed by atoms with Crippen molar-refractivity contribution < 1.29 is 0 Å². The van der Waals surface area contributed by atoms with Crippen LogP contribution in [0.3, 0.4) is 0 Å². The van der Waals surface area contributed by atoms with Gasteiger partial charge in [-0.05, 0) is 41.1 Å². The molecular weight excluding hydrogens is 208 g/mol. The van der Waals surface area contributed by atoms with Crippen molar-refractivity contribution in [1.82, 2.24) is 0 Å². The van der Waals surface area contributed by atoms with Gasteiger partial charge in [-0.1, -0.05) is 32.9 Å². The van der Waals surface area contributed by atoms with Crippen LogP contribution in [0.15, 0.2) is 12.1 Å². The molecule has 1 rings (SSSR count). The van der Waals surface area contributed by atoms with Gasteiger partial charge < -0.3 is 0 Å². The van der Waals surface area contributed by atoms with Gasteiger partial charge in [-0.15, -0.1) is 0 Å². The van der Waals surface area contributed by atoms with E-state index in [9.17, 15) is 0 Å². The van der Waals surface area contributed by atoms with Crippen LogP contribution < -0.4 is 5.19 Å². The Balaban J connectivity index is 3.28. The minimum Gasteiger partial charge on any atom is -0.170 e. The van der Waals surface area contributed by atoms with Crippen LogP contribution in [0.4, 0.5) is 0 Å². The highest BCUT2D eigenvalue weighted by atomic mass is 35.6. The summed E-state index contributed by atoms with van der Waals surface area (Å²) in [6, 6.07) is 4.51. The maximum atomic E-state index is 6.07. The Morgan fingerprint density at radius 2 is 1.64 bits per heavy atom. The molecule has 0 nitrogen and oxygen atoms in total. The van der Waals surface area contributed by atoms with E-state index in [0.717, 1.165) is 19.3 Å². The van der Waals surface area contributed by atoms with Gasteiger partial charge in [-0.3, -0.25) is 0 Å². The van der Waals surface area contributed by atoms with Gasteiger partial charge in [0.05, 0.1) is 0 Å². The van der Waals surface area contributed by atoms with E-state index in [-0.39, 0.29) is 0 Å². The van der Waals surface area contributed by atoms with Crippen molar-refractivity contribution in [2.75, 3.05) is 0 Å². The summed E-state index contributed by atoms with van der Waals surface area (Å²) in [6.07, 6.45) is 3.41. The summed E-state index contributed by atoms with van der Waals surface area (Å²) in [5, 5.41) is 1.45. The highest BCUT2D eigenvalue weighted by Gasteiger charge is 2.08. The predicted octanol–water partition coefficient (Wildman–Crippen LogP) is 2.32. The molecule has 0 radical (unpaired) electrons. The largest absolute Gasteiger partial charge is 0.170 e. The molecule has 0 atom stereocenters. The Morgan fingerprint density at radius 1 is 1.00 bits per heavy atom. The first-order valence-corrected chi connectivity index (χ1v) is 8.31. The quantitative estimate of drug-likeness (QED) is 0.546. The van der Waals surface area contributed by atoms with Crippen molar-refractivity contribution >= 4 is 25.1 Å². The first-order valence-electron chi connectivity index (χ1n) is 5.46. The van der Waals surface area contributed by atoms with E-state index in [1.165, 1.54) is 16.3 Å². The predicted molar refractivity (Wildman–Crippen MR) is 68.6 cm³/mol. The molecule has 2 heteroatoms. The number of hydrogen-bond donors (Lipinski definition) is 0. The monoisotopic (exact) mass is 226 g/mol. The Bertz CT molecular complexity index is 276. The molecule has 0 amide bonds. The summed E-state index contributed by atoms with van der Waals surface area (Å²) in [4.78, 5) is 0. The van der Waals surface area contributed by atoms with Gasteiger partial charge in [0.25, 0.3) is 0 Å². The third-order valence-corrected chi connectivity index (χ3v) is 4.67. The number of benzene rings is 1. The van der Waals surface area contributed by atoms with E-state index in [1.54, 1.807) is 5.56 Å². The van der Waals surface area contributed by atoms with Crippen molar-refractivity contribution in [1.29, 1.82) is 0 Å². The molecule has 0 aliphatic rings. The molecule has 1 aromatic rings. The van der Waals surface area contributed by atoms with Gasteiger partial charge >= 0.3 is 0 Å². The zero-order chi connectivity index (χ0) is 10.6. The second-order valence-corrected chi connectivity index (χ2v) is 5.37. The van der Waals surface area contributed by atoms with Gasteiger partial charge in [0.15, 0.2) is 8.83 Å². The molecule has 0 unspecified atom stereocenters. The third kappa shape index (κ3) is 2.21. The number of aryl methyl sites for hydroxylation is 1. The maximum absolute atomic E-state index is 6.07. The zero-order valence-corrected chi connectivity index (χ0v) is 11.5. The molecule has 0 saturated carbocycles. The minimum atomic E-state index is -0.531. The highest BCUT2D eigenvalue weighted by molar-refractivity contribution is 7.01. The second-order valence-electron chi connectivity index (χ2n) is 3.54. The van der Waals surface area contributed by atoms with Crippen LogP contribution in [0.2, 0.25) is 0 Å². The highest BCUT2D eigenvalue weighted by Crippen LogP contribution is 2.15. The number of hydrogen-bond acceptors (Lipinski definition) is 0. The SMILES string of the molecule is CCc1ccc([SiH2]Cl)c(CC)c1CC. The van der Waals surface area contributed by atoms with E-state index in [1.807, 2.05) is 0 Å². The van der Waals surface area contributed by atoms with Crippen LogP contribution in [0.1, 0.15) is 37.5 Å². The van der Waals surface area contributed by atoms with Crippen LogP contribution in [0.25, 0.3) is 0 Å². The van der Waals surface area contributed by atoms with Crippen molar-refractivity contribution in [3.63, 3.8) is 0 Å². The summed E-state index contributed by atoms with van der Waals surface area (Å²) in [5.74, 6) is 0. The first kappa shape index (κ1) is 11.8. The fourth-order valence-electron chi connectivity index (χ4n) is 2.13. The summed E-state index contributed by atoms with van der Waals surface area (Å²) in [7, 11) is -0.531. The molecule has 78 valence electrons. The first-order chi connectivity index (χ1) is 6.78. The van der Waals surface area contributed by atoms with Crippen molar-refractivity contribution in [2.45, 2.75) is 40.0 Å². The van der Waals surface area contributed by atoms with Gasteiger partial charge in [0, 0.05) is 0 Å². The van der Waals surface area contributed by atoms with Gasteiger partial charge in [-0.2, -0.15) is 11.1 Å². The van der Waals surface area contributed by atoms with Crippen LogP contribution in [-0.4, -0.2) is 8.83 Å². The van der Waals surface area contributed by atoms with Crippen molar-refractivity contribution in [3.8, 4) is 0 Å². The number of rotatable bonds is 4. The molecular formula is C12H19ClSi. The fourth-order valence-corrected chi connectivity index (χ4v) is 3.71. The molecule has 0 aromatic heterocycles. The van der Waals surface area contributed by atoms with E-state index < -0.39 is 8.83 Å². The average molecular weight is 227 g/mol. The molecule has 0 aliphatic carbocycles. The van der Waals surface area contributed by atoms with Gasteiger partial charge in [0.1, 0.15) is 0 Å². The number of halogens is 1. The molecule has 0 aliphatic heterocycles. The van der Waals surface area contributed by atoms with Crippen molar-refractivity contribution in [2.24, 2.45) is 0 Å². The van der Waals surface area contributed by atoms with E-state index >= 15 is 0 Å². The van der Waals surface area contributed by atoms with Crippen LogP contribution in [0.5, 0.6) is 0 Å². The third-order valence-electron chi connectivity index (χ3n) is 2.86. The molecule has 0 saturated heterocycles. The summed E-state index contributed by atoms with van der Waals surface area (Å²) < 4.78 is 0. The lowest BCUT2D eigenvalue weighted by Crippen LogP contribution is -2.18. The summed E-state index contributed by atoms with van der Waals surface area (Å²) >= 11 is 6.07. The normalized spacial score (nSPS) is 11.4. The molecule has 1 aromatic carbocycles. The molecule has 0 spiro atoms. The van der Waals surface area contributed by atoms with E-state index in [4.69, 9.17) is 11.1 Å². The Hall–Kier alpha value is -0.273. The average Bonchev–Trinajstić information content (AvgIpc) is 2.26. The lowest BCUT2D eigenvalue weighted by atomic mass is 9.95. The van der Waals surface area contributed by atoms with Gasteiger partial charge in [-0.25, -0.2) is 0 Å². The van der Waals surface area contributed by atoms with E-state index in [2.05, 4.69) is 32.9 Å². The Labute approximate surface area is 94.2 Å². The second kappa shape index (κ2) is 5.57. The Kier molecular flexibility index (Phi) is 4.69. The smallest absolute Gasteiger partial charge is 0.156 e. The lowest BCUT2D eigenvalue weighted by molar-refractivity contribution is 0.988. The van der Waals surface area contributed by atoms with E-state index in [0.29, 0.717) is 0 Å². The molecule has 0 fully saturated rings. The zero-order valence-electron chi connectivity index (χ0n) is 9.36. The van der Waals surface area contributed by atoms with Crippen LogP contribution in [-0.2, 0) is 19.3 Å². The molecule has 14 heavy (non-hydrogen) atoms. The summed E-state index contributed by atoms with van der Waals surface area (Å²) in [5.41, 5.74) is 4.60. The topological polar surface area (TPSA) is 0 Å². The maximum Gasteiger partial charge on any atom is 0.156 e. The fraction of sp³-hybridized carbons (Fsp3) is 0.500.